The van der Waals surface area contributed by atoms with Gasteiger partial charge in [0.15, 0.2) is 0 Å². The van der Waals surface area contributed by atoms with Crippen molar-refractivity contribution in [2.75, 3.05) is 0 Å². The summed E-state index contributed by atoms with van der Waals surface area (Å²) in [6.07, 6.45) is 1.66. The topological polar surface area (TPSA) is 50.4 Å². The Hall–Kier alpha value is -0.653. The van der Waals surface area contributed by atoms with Gasteiger partial charge in [-0.2, -0.15) is 0 Å². The molecule has 0 aromatic carbocycles. The molecule has 4 heteroatoms. The second kappa shape index (κ2) is 5.48. The zero-order valence-electron chi connectivity index (χ0n) is 5.07. The summed E-state index contributed by atoms with van der Waals surface area (Å²) in [7, 11) is 0. The van der Waals surface area contributed by atoms with Crippen LogP contribution < -0.4 is 4.43 Å². The first-order valence-electron chi connectivity index (χ1n) is 2.39. The normalized spacial score (nSPS) is 7.33. The molecule has 0 spiro atoms. The van der Waals surface area contributed by atoms with Gasteiger partial charge < -0.3 is 5.11 Å². The number of hydrogen-bond acceptors (Lipinski definition) is 2. The predicted octanol–water partition coefficient (Wildman–Crippen LogP) is -0.226. The first-order chi connectivity index (χ1) is 4.31. The van der Waals surface area contributed by atoms with Crippen LogP contribution in [0.5, 0.6) is 0 Å². The molecule has 0 aliphatic heterocycles. The van der Waals surface area contributed by atoms with Crippen molar-refractivity contribution in [1.29, 1.82) is 0 Å². The van der Waals surface area contributed by atoms with Crippen LogP contribution in [0.1, 0.15) is 0 Å². The van der Waals surface area contributed by atoms with Gasteiger partial charge >= 0.3 is 45.0 Å². The molecule has 0 saturated carbocycles. The van der Waals surface area contributed by atoms with Gasteiger partial charge in [-0.05, 0) is 0 Å². The summed E-state index contributed by atoms with van der Waals surface area (Å²) >= 11 is 1.92. The van der Waals surface area contributed by atoms with E-state index in [4.69, 9.17) is 14.3 Å². The number of carbonyl (C=O) groups is 1. The van der Waals surface area contributed by atoms with E-state index in [1.165, 1.54) is 0 Å². The molecule has 0 aliphatic rings. The van der Waals surface area contributed by atoms with Crippen LogP contribution in [0, 0.1) is 0 Å². The Balaban J connectivity index is 0.000000187. The molecule has 1 N–H and O–H groups in total. The molecule has 0 fully saturated rings. The third-order valence-corrected chi connectivity index (χ3v) is 0.663. The fourth-order valence-electron chi connectivity index (χ4n) is 0.361. The summed E-state index contributed by atoms with van der Waals surface area (Å²) in [6, 6.07) is 3.79. The van der Waals surface area contributed by atoms with Gasteiger partial charge in [0.2, 0.25) is 0 Å². The molecular formula is C5H5LiO3. The van der Waals surface area contributed by atoms with Crippen LogP contribution in [0.15, 0.2) is 22.8 Å². The number of hydrogen-bond donors (Lipinski definition) is 1. The molecule has 0 radical (unpaired) electrons. The monoisotopic (exact) mass is 120 g/mol. The van der Waals surface area contributed by atoms with E-state index in [-0.39, 0.29) is 6.47 Å². The molecule has 0 atom stereocenters. The van der Waals surface area contributed by atoms with E-state index >= 15 is 0 Å². The summed E-state index contributed by atoms with van der Waals surface area (Å²) in [5, 5.41) is 6.89. The van der Waals surface area contributed by atoms with E-state index in [9.17, 15) is 0 Å². The van der Waals surface area contributed by atoms with Crippen molar-refractivity contribution in [3.05, 3.63) is 18.4 Å². The van der Waals surface area contributed by atoms with Gasteiger partial charge in [0.05, 0.1) is 0 Å². The molecule has 0 unspecified atom stereocenters. The zero-order chi connectivity index (χ0) is 7.11. The van der Waals surface area contributed by atoms with Crippen molar-refractivity contribution in [3.63, 3.8) is 0 Å². The molecule has 1 rings (SSSR count). The van der Waals surface area contributed by atoms with Gasteiger partial charge in [0.1, 0.15) is 0 Å². The molecule has 1 aromatic rings. The Morgan fingerprint density at radius 3 is 2.44 bits per heavy atom. The van der Waals surface area contributed by atoms with Crippen molar-refractivity contribution in [2.24, 2.45) is 0 Å². The van der Waals surface area contributed by atoms with Crippen molar-refractivity contribution < 1.29 is 14.3 Å². The van der Waals surface area contributed by atoms with E-state index < -0.39 is 0 Å². The van der Waals surface area contributed by atoms with E-state index in [0.29, 0.717) is 0 Å². The van der Waals surface area contributed by atoms with E-state index in [0.717, 1.165) is 4.43 Å². The third-order valence-electron chi connectivity index (χ3n) is 0.663. The van der Waals surface area contributed by atoms with E-state index in [1.807, 2.05) is 29.8 Å². The molecule has 0 bridgehead atoms. The molecule has 0 amide bonds. The summed E-state index contributed by atoms with van der Waals surface area (Å²) < 4.78 is 5.80. The Bertz CT molecular complexity index is 147. The van der Waals surface area contributed by atoms with Crippen LogP contribution in [0.2, 0.25) is 0 Å². The van der Waals surface area contributed by atoms with Gasteiger partial charge in [0, 0.05) is 0 Å². The fraction of sp³-hybridized carbons (Fsp3) is 0. The molecule has 1 aromatic heterocycles. The average molecular weight is 120 g/mol. The Morgan fingerprint density at radius 2 is 2.33 bits per heavy atom. The first kappa shape index (κ1) is 8.35. The molecular weight excluding hydrogens is 115 g/mol. The molecule has 44 valence electrons. The zero-order valence-corrected chi connectivity index (χ0v) is 5.07. The summed E-state index contributed by atoms with van der Waals surface area (Å²) in [5.74, 6) is 0. The molecule has 3 nitrogen and oxygen atoms in total. The molecule has 0 saturated heterocycles. The van der Waals surface area contributed by atoms with Gasteiger partial charge in [-0.1, -0.05) is 0 Å². The number of carboxylic acid groups (broad SMARTS) is 1. The van der Waals surface area contributed by atoms with Crippen molar-refractivity contribution >= 4 is 28.6 Å². The Kier molecular flexibility index (Phi) is 5.09. The maximum absolute atomic E-state index is 8.36. The molecule has 9 heavy (non-hydrogen) atoms. The summed E-state index contributed by atoms with van der Waals surface area (Å²) in [5.41, 5.74) is 0. The van der Waals surface area contributed by atoms with Crippen LogP contribution in [0.4, 0.5) is 0 Å². The fourth-order valence-corrected chi connectivity index (χ4v) is 0.361. The molecule has 0 aliphatic carbocycles. The SMILES string of the molecule is O=CO.[Li][c]1ccco1. The second-order valence-corrected chi connectivity index (χ2v) is 1.33. The van der Waals surface area contributed by atoms with Crippen LogP contribution in [-0.4, -0.2) is 29.3 Å². The van der Waals surface area contributed by atoms with Crippen LogP contribution in [-0.2, 0) is 4.79 Å². The van der Waals surface area contributed by atoms with Crippen molar-refractivity contribution in [3.8, 4) is 0 Å². The van der Waals surface area contributed by atoms with Gasteiger partial charge in [-0.15, -0.1) is 0 Å². The summed E-state index contributed by atoms with van der Waals surface area (Å²) in [6.45, 7) is -0.250. The number of furan rings is 1. The predicted molar refractivity (Wildman–Crippen MR) is 32.8 cm³/mol. The van der Waals surface area contributed by atoms with E-state index in [1.54, 1.807) is 6.26 Å². The second-order valence-electron chi connectivity index (χ2n) is 1.33. The van der Waals surface area contributed by atoms with Crippen molar-refractivity contribution in [1.82, 2.24) is 0 Å². The first-order valence-corrected chi connectivity index (χ1v) is 2.39. The minimum atomic E-state index is -0.250. The van der Waals surface area contributed by atoms with Gasteiger partial charge in [0.25, 0.3) is 6.47 Å². The van der Waals surface area contributed by atoms with Crippen LogP contribution in [0.25, 0.3) is 0 Å². The van der Waals surface area contributed by atoms with Crippen LogP contribution in [0.3, 0.4) is 0 Å². The van der Waals surface area contributed by atoms with Gasteiger partial charge in [-0.3, -0.25) is 4.79 Å². The third kappa shape index (κ3) is 5.21. The maximum atomic E-state index is 8.36. The van der Waals surface area contributed by atoms with Gasteiger partial charge in [-0.25, -0.2) is 0 Å². The van der Waals surface area contributed by atoms with Crippen molar-refractivity contribution in [2.45, 2.75) is 0 Å². The van der Waals surface area contributed by atoms with Crippen LogP contribution >= 0.6 is 0 Å². The standard InChI is InChI=1S/C4H3O.CH2O2.Li/c1-2-4-5-3-1;2-1-3;/h1-3H;1H,(H,2,3);. The number of rotatable bonds is 0. The quantitative estimate of drug-likeness (QED) is 0.380. The Labute approximate surface area is 61.9 Å². The molecule has 1 heterocycles. The Morgan fingerprint density at radius 1 is 1.78 bits per heavy atom. The average Bonchev–Trinajstić information content (AvgIpc) is 2.20. The summed E-state index contributed by atoms with van der Waals surface area (Å²) in [4.78, 5) is 8.36. The van der Waals surface area contributed by atoms with E-state index in [2.05, 4.69) is 0 Å². The minimum absolute atomic E-state index is 0.250.